The minimum Gasteiger partial charge on any atom is -0.465 e. The molecular formula is C35H64O8Si. The molecule has 0 bridgehead atoms. The second-order valence-corrected chi connectivity index (χ2v) is 21.8. The van der Waals surface area contributed by atoms with Gasteiger partial charge >= 0.3 is 5.97 Å². The zero-order valence-corrected chi connectivity index (χ0v) is 32.1. The summed E-state index contributed by atoms with van der Waals surface area (Å²) in [5.74, 6) is -2.78. The highest BCUT2D eigenvalue weighted by Gasteiger charge is 2.59. The van der Waals surface area contributed by atoms with Crippen LogP contribution in [0.2, 0.25) is 18.1 Å². The van der Waals surface area contributed by atoms with E-state index in [1.54, 1.807) is 0 Å². The van der Waals surface area contributed by atoms with Crippen molar-refractivity contribution in [1.29, 1.82) is 0 Å². The molecule has 0 amide bonds. The lowest BCUT2D eigenvalue weighted by molar-refractivity contribution is -0.177. The largest absolute Gasteiger partial charge is 0.465 e. The molecule has 7 atom stereocenters. The summed E-state index contributed by atoms with van der Waals surface area (Å²) in [6.45, 7) is 36.1. The molecule has 8 nitrogen and oxygen atoms in total. The summed E-state index contributed by atoms with van der Waals surface area (Å²) >= 11 is 0. The highest BCUT2D eigenvalue weighted by Crippen LogP contribution is 2.47. The first-order valence-electron chi connectivity index (χ1n) is 16.4. The number of hydrogen-bond acceptors (Lipinski definition) is 8. The van der Waals surface area contributed by atoms with Gasteiger partial charge in [-0.05, 0) is 105 Å². The first-order chi connectivity index (χ1) is 19.5. The molecule has 0 aromatic rings. The van der Waals surface area contributed by atoms with Crippen LogP contribution in [0, 0.1) is 17.3 Å². The molecule has 0 radical (unpaired) electrons. The van der Waals surface area contributed by atoms with Crippen molar-refractivity contribution >= 4 is 20.1 Å². The Hall–Kier alpha value is -1.10. The molecule has 2 rings (SSSR count). The number of Topliss-reactive ketones (excluding diaryl/α,β-unsaturated/α-hetero) is 1. The Morgan fingerprint density at radius 1 is 0.886 bits per heavy atom. The van der Waals surface area contributed by atoms with Gasteiger partial charge in [0.05, 0.1) is 24.2 Å². The Bertz CT molecular complexity index is 1080. The van der Waals surface area contributed by atoms with Crippen molar-refractivity contribution in [2.24, 2.45) is 17.3 Å². The van der Waals surface area contributed by atoms with E-state index in [1.165, 1.54) is 0 Å². The Labute approximate surface area is 269 Å². The predicted octanol–water partition coefficient (Wildman–Crippen LogP) is 7.98. The van der Waals surface area contributed by atoms with E-state index in [1.807, 2.05) is 89.2 Å². The average Bonchev–Trinajstić information content (AvgIpc) is 3.24. The maximum absolute atomic E-state index is 14.2. The van der Waals surface area contributed by atoms with Crippen LogP contribution in [0.3, 0.4) is 0 Å². The van der Waals surface area contributed by atoms with Gasteiger partial charge in [0, 0.05) is 11.8 Å². The van der Waals surface area contributed by atoms with Crippen LogP contribution in [0.4, 0.5) is 0 Å². The summed E-state index contributed by atoms with van der Waals surface area (Å²) in [7, 11) is -2.15. The molecule has 256 valence electrons. The number of carbonyl (C=O) groups excluding carboxylic acids is 2. The van der Waals surface area contributed by atoms with Gasteiger partial charge in [-0.3, -0.25) is 9.59 Å². The van der Waals surface area contributed by atoms with Crippen LogP contribution in [0.5, 0.6) is 0 Å². The maximum Gasteiger partial charge on any atom is 0.311 e. The van der Waals surface area contributed by atoms with Crippen LogP contribution in [0.1, 0.15) is 117 Å². The third-order valence-corrected chi connectivity index (χ3v) is 14.0. The molecule has 2 saturated heterocycles. The summed E-state index contributed by atoms with van der Waals surface area (Å²) in [6, 6.07) is 0. The van der Waals surface area contributed by atoms with Crippen molar-refractivity contribution in [2.45, 2.75) is 176 Å². The number of allylic oxidation sites excluding steroid dienone is 1. The molecule has 0 unspecified atom stereocenters. The highest BCUT2D eigenvalue weighted by molar-refractivity contribution is 6.74. The number of hydrogen-bond donors (Lipinski definition) is 0. The monoisotopic (exact) mass is 640 g/mol. The first-order valence-corrected chi connectivity index (χ1v) is 19.3. The van der Waals surface area contributed by atoms with Gasteiger partial charge in [-0.2, -0.15) is 0 Å². The minimum absolute atomic E-state index is 0.0212. The quantitative estimate of drug-likeness (QED) is 0.128. The zero-order chi connectivity index (χ0) is 34.5. The fourth-order valence-electron chi connectivity index (χ4n) is 6.36. The van der Waals surface area contributed by atoms with Gasteiger partial charge < -0.3 is 28.1 Å². The van der Waals surface area contributed by atoms with Crippen LogP contribution in [-0.2, 0) is 37.7 Å². The van der Waals surface area contributed by atoms with E-state index in [4.69, 9.17) is 28.1 Å². The fourth-order valence-corrected chi connectivity index (χ4v) is 7.82. The van der Waals surface area contributed by atoms with Crippen molar-refractivity contribution < 1.29 is 37.7 Å². The molecule has 2 aliphatic rings. The number of esters is 1. The number of ketones is 1. The van der Waals surface area contributed by atoms with E-state index in [-0.39, 0.29) is 35.4 Å². The molecule has 2 fully saturated rings. The van der Waals surface area contributed by atoms with Crippen LogP contribution >= 0.6 is 0 Å². The topological polar surface area (TPSA) is 89.5 Å². The first kappa shape index (κ1) is 39.1. The Balaban J connectivity index is 2.39. The summed E-state index contributed by atoms with van der Waals surface area (Å²) in [5, 5.41) is 0.0212. The summed E-state index contributed by atoms with van der Waals surface area (Å²) in [4.78, 5) is 26.6. The minimum atomic E-state index is -2.15. The van der Waals surface area contributed by atoms with E-state index in [0.29, 0.717) is 5.57 Å². The molecule has 0 N–H and O–H groups in total. The Kier molecular flexibility index (Phi) is 11.4. The molecule has 0 spiro atoms. The Morgan fingerprint density at radius 2 is 1.39 bits per heavy atom. The number of ether oxygens (including phenoxy) is 5. The summed E-state index contributed by atoms with van der Waals surface area (Å²) < 4.78 is 38.5. The molecule has 2 aliphatic heterocycles. The van der Waals surface area contributed by atoms with E-state index in [0.717, 1.165) is 6.42 Å². The standard InChI is InChI=1S/C35H64O8Si/c1-19-25(41-44(17,18)31(8,9)10)35(16)28(40-33(13,14)43-35)24(4)26(36)22(2)20-34(15)27(39-32(11,12)42-34)23(3)21-38-29(37)30(5,6)7/h20,23-25,27-28H,19,21H2,1-18H3/b22-20+/t23-,24-,25+,27+,28+,34+,35+/m0/s1. The lowest BCUT2D eigenvalue weighted by atomic mass is 9.80. The number of carbonyl (C=O) groups is 2. The van der Waals surface area contributed by atoms with Crippen LogP contribution in [-0.4, -0.2) is 67.8 Å². The van der Waals surface area contributed by atoms with E-state index >= 15 is 0 Å². The van der Waals surface area contributed by atoms with Crippen LogP contribution in [0.25, 0.3) is 0 Å². The van der Waals surface area contributed by atoms with Gasteiger partial charge in [0.25, 0.3) is 0 Å². The van der Waals surface area contributed by atoms with Gasteiger partial charge in [-0.25, -0.2) is 0 Å². The predicted molar refractivity (Wildman–Crippen MR) is 177 cm³/mol. The SMILES string of the molecule is CC[C@@H](O[Si](C)(C)C(C)(C)C)[C@@]1(C)OC(C)(C)O[C@@H]1[C@@H](C)C(=O)/C(C)=C/[C@@]1(C)OC(C)(C)O[C@@H]1[C@@H](C)COC(=O)C(C)(C)C. The zero-order valence-electron chi connectivity index (χ0n) is 31.1. The van der Waals surface area contributed by atoms with E-state index in [2.05, 4.69) is 40.8 Å². The average molecular weight is 641 g/mol. The maximum atomic E-state index is 14.2. The third kappa shape index (κ3) is 8.62. The Morgan fingerprint density at radius 3 is 1.86 bits per heavy atom. The van der Waals surface area contributed by atoms with Crippen LogP contribution < -0.4 is 0 Å². The lowest BCUT2D eigenvalue weighted by Gasteiger charge is -2.45. The molecule has 0 aliphatic carbocycles. The summed E-state index contributed by atoms with van der Waals surface area (Å²) in [6.07, 6.45) is 1.38. The second kappa shape index (κ2) is 12.8. The van der Waals surface area contributed by atoms with Crippen molar-refractivity contribution in [3.8, 4) is 0 Å². The van der Waals surface area contributed by atoms with Gasteiger partial charge in [0.1, 0.15) is 17.3 Å². The molecule has 0 aromatic carbocycles. The second-order valence-electron chi connectivity index (χ2n) is 17.0. The normalized spacial score (nSPS) is 31.5. The number of rotatable bonds is 11. The molecule has 44 heavy (non-hydrogen) atoms. The molecule has 2 heterocycles. The molecular weight excluding hydrogens is 576 g/mol. The van der Waals surface area contributed by atoms with E-state index in [9.17, 15) is 9.59 Å². The van der Waals surface area contributed by atoms with Crippen molar-refractivity contribution in [3.63, 3.8) is 0 Å². The fraction of sp³-hybridized carbons (Fsp3) is 0.886. The van der Waals surface area contributed by atoms with Gasteiger partial charge in [0.15, 0.2) is 25.7 Å². The van der Waals surface area contributed by atoms with E-state index < -0.39 is 54.6 Å². The molecule has 0 aromatic heterocycles. The molecule has 9 heteroatoms. The van der Waals surface area contributed by atoms with Crippen molar-refractivity contribution in [3.05, 3.63) is 11.6 Å². The smallest absolute Gasteiger partial charge is 0.311 e. The van der Waals surface area contributed by atoms with Crippen LogP contribution in [0.15, 0.2) is 11.6 Å². The van der Waals surface area contributed by atoms with Gasteiger partial charge in [0.2, 0.25) is 0 Å². The third-order valence-electron chi connectivity index (χ3n) is 9.50. The van der Waals surface area contributed by atoms with Crippen molar-refractivity contribution in [1.82, 2.24) is 0 Å². The lowest BCUT2D eigenvalue weighted by Crippen LogP contribution is -2.57. The van der Waals surface area contributed by atoms with Gasteiger partial charge in [-0.1, -0.05) is 41.5 Å². The van der Waals surface area contributed by atoms with Crippen molar-refractivity contribution in [2.75, 3.05) is 6.61 Å². The summed E-state index contributed by atoms with van der Waals surface area (Å²) in [5.41, 5.74) is -1.81. The van der Waals surface area contributed by atoms with Gasteiger partial charge in [-0.15, -0.1) is 0 Å². The molecule has 0 saturated carbocycles. The highest BCUT2D eigenvalue weighted by atomic mass is 28.4.